The van der Waals surface area contributed by atoms with Crippen molar-refractivity contribution in [1.29, 1.82) is 0 Å². The lowest BCUT2D eigenvalue weighted by atomic mass is 9.96. The molecule has 1 unspecified atom stereocenters. The second-order valence-electron chi connectivity index (χ2n) is 6.90. The summed E-state index contributed by atoms with van der Waals surface area (Å²) >= 11 is 0. The lowest BCUT2D eigenvalue weighted by Crippen LogP contribution is -2.37. The first-order chi connectivity index (χ1) is 13.1. The second-order valence-corrected chi connectivity index (χ2v) is 6.90. The van der Waals surface area contributed by atoms with Gasteiger partial charge in [0.2, 0.25) is 5.91 Å². The minimum atomic E-state index is -0.249. The number of carbonyl (C=O) groups is 1. The van der Waals surface area contributed by atoms with Gasteiger partial charge >= 0.3 is 0 Å². The summed E-state index contributed by atoms with van der Waals surface area (Å²) in [5.74, 6) is 1.05. The lowest BCUT2D eigenvalue weighted by Gasteiger charge is -2.29. The highest BCUT2D eigenvalue weighted by Crippen LogP contribution is 2.34. The molecule has 1 atom stereocenters. The fraction of sp³-hybridized carbons (Fsp3) is 0.318. The van der Waals surface area contributed by atoms with Gasteiger partial charge in [-0.05, 0) is 54.3 Å². The zero-order chi connectivity index (χ0) is 18.8. The molecule has 140 valence electrons. The van der Waals surface area contributed by atoms with Gasteiger partial charge in [-0.25, -0.2) is 4.39 Å². The third kappa shape index (κ3) is 3.68. The number of fused-ring (bicyclic) bond motifs is 1. The summed E-state index contributed by atoms with van der Waals surface area (Å²) < 4.78 is 24.3. The van der Waals surface area contributed by atoms with Crippen LogP contribution in [0.3, 0.4) is 0 Å². The van der Waals surface area contributed by atoms with E-state index in [-0.39, 0.29) is 17.6 Å². The van der Waals surface area contributed by atoms with Gasteiger partial charge in [-0.2, -0.15) is 0 Å². The predicted octanol–water partition coefficient (Wildman–Crippen LogP) is 4.02. The molecule has 0 aliphatic carbocycles. The molecule has 1 amide bonds. The van der Waals surface area contributed by atoms with Crippen molar-refractivity contribution in [2.45, 2.75) is 19.3 Å². The Bertz CT molecular complexity index is 876. The Kier molecular flexibility index (Phi) is 4.84. The fourth-order valence-electron chi connectivity index (χ4n) is 3.54. The Morgan fingerprint density at radius 1 is 1.07 bits per heavy atom. The van der Waals surface area contributed by atoms with Crippen molar-refractivity contribution in [2.75, 3.05) is 26.3 Å². The molecule has 0 bridgehead atoms. The number of rotatable bonds is 3. The molecule has 0 saturated heterocycles. The van der Waals surface area contributed by atoms with Crippen LogP contribution in [0.4, 0.5) is 4.39 Å². The third-order valence-electron chi connectivity index (χ3n) is 5.17. The summed E-state index contributed by atoms with van der Waals surface area (Å²) in [6, 6.07) is 12.2. The zero-order valence-corrected chi connectivity index (χ0v) is 15.3. The van der Waals surface area contributed by atoms with Crippen LogP contribution in [0.5, 0.6) is 11.5 Å². The Labute approximate surface area is 158 Å². The van der Waals surface area contributed by atoms with E-state index in [0.29, 0.717) is 32.1 Å². The molecule has 2 aliphatic heterocycles. The molecule has 27 heavy (non-hydrogen) atoms. The summed E-state index contributed by atoms with van der Waals surface area (Å²) in [6.45, 7) is 4.24. The van der Waals surface area contributed by atoms with Crippen molar-refractivity contribution >= 4 is 11.5 Å². The average Bonchev–Trinajstić information content (AvgIpc) is 2.73. The van der Waals surface area contributed by atoms with E-state index in [0.717, 1.165) is 28.9 Å². The van der Waals surface area contributed by atoms with Crippen LogP contribution in [0, 0.1) is 5.82 Å². The summed E-state index contributed by atoms with van der Waals surface area (Å²) in [4.78, 5) is 14.8. The molecule has 2 heterocycles. The standard InChI is InChI=1S/C22H22FNO3/c1-15(18-4-7-20-21(14-18)27-13-12-26-20)22(25)24-10-8-17(9-11-24)16-2-5-19(23)6-3-16/h2-8,14-15H,9-13H2,1H3. The number of halogens is 1. The minimum Gasteiger partial charge on any atom is -0.486 e. The Morgan fingerprint density at radius 2 is 1.81 bits per heavy atom. The second kappa shape index (κ2) is 7.43. The topological polar surface area (TPSA) is 38.8 Å². The summed E-state index contributed by atoms with van der Waals surface area (Å²) in [5, 5.41) is 0. The quantitative estimate of drug-likeness (QED) is 0.823. The first-order valence-electron chi connectivity index (χ1n) is 9.25. The van der Waals surface area contributed by atoms with Crippen molar-refractivity contribution in [1.82, 2.24) is 4.90 Å². The van der Waals surface area contributed by atoms with Gasteiger partial charge in [0.05, 0.1) is 5.92 Å². The normalized spacial score (nSPS) is 17.3. The Hall–Kier alpha value is -2.82. The number of amides is 1. The maximum Gasteiger partial charge on any atom is 0.230 e. The van der Waals surface area contributed by atoms with Crippen molar-refractivity contribution < 1.29 is 18.7 Å². The largest absolute Gasteiger partial charge is 0.486 e. The number of carbonyl (C=O) groups excluding carboxylic acids is 1. The highest BCUT2D eigenvalue weighted by molar-refractivity contribution is 5.84. The highest BCUT2D eigenvalue weighted by atomic mass is 19.1. The van der Waals surface area contributed by atoms with Crippen LogP contribution in [0.25, 0.3) is 5.57 Å². The van der Waals surface area contributed by atoms with Gasteiger partial charge in [-0.15, -0.1) is 0 Å². The van der Waals surface area contributed by atoms with Gasteiger partial charge < -0.3 is 14.4 Å². The highest BCUT2D eigenvalue weighted by Gasteiger charge is 2.25. The molecular formula is C22H22FNO3. The van der Waals surface area contributed by atoms with Gasteiger partial charge in [0.15, 0.2) is 11.5 Å². The van der Waals surface area contributed by atoms with Crippen LogP contribution < -0.4 is 9.47 Å². The summed E-state index contributed by atoms with van der Waals surface area (Å²) in [5.41, 5.74) is 3.10. The molecule has 4 rings (SSSR count). The molecule has 0 spiro atoms. The molecule has 0 saturated carbocycles. The SMILES string of the molecule is CC(C(=O)N1CC=C(c2ccc(F)cc2)CC1)c1ccc2c(c1)OCCO2. The van der Waals surface area contributed by atoms with Crippen LogP contribution in [0.2, 0.25) is 0 Å². The van der Waals surface area contributed by atoms with Gasteiger partial charge in [0.1, 0.15) is 19.0 Å². The van der Waals surface area contributed by atoms with E-state index in [1.807, 2.05) is 30.0 Å². The van der Waals surface area contributed by atoms with E-state index < -0.39 is 0 Å². The van der Waals surface area contributed by atoms with Crippen LogP contribution in [-0.2, 0) is 4.79 Å². The maximum absolute atomic E-state index is 13.1. The molecule has 0 aromatic heterocycles. The van der Waals surface area contributed by atoms with Crippen molar-refractivity contribution in [3.05, 3.63) is 65.5 Å². The summed E-state index contributed by atoms with van der Waals surface area (Å²) in [7, 11) is 0. The molecule has 2 aliphatic rings. The number of benzene rings is 2. The first-order valence-corrected chi connectivity index (χ1v) is 9.25. The van der Waals surface area contributed by atoms with Gasteiger partial charge in [-0.1, -0.05) is 24.3 Å². The van der Waals surface area contributed by atoms with Gasteiger partial charge in [-0.3, -0.25) is 4.79 Å². The molecule has 0 fully saturated rings. The van der Waals surface area contributed by atoms with E-state index >= 15 is 0 Å². The van der Waals surface area contributed by atoms with Crippen molar-refractivity contribution in [3.8, 4) is 11.5 Å². The van der Waals surface area contributed by atoms with Crippen LogP contribution in [0.15, 0.2) is 48.5 Å². The lowest BCUT2D eigenvalue weighted by molar-refractivity contribution is -0.132. The zero-order valence-electron chi connectivity index (χ0n) is 15.3. The molecule has 0 N–H and O–H groups in total. The number of hydrogen-bond acceptors (Lipinski definition) is 3. The van der Waals surface area contributed by atoms with E-state index in [1.165, 1.54) is 12.1 Å². The number of hydrogen-bond donors (Lipinski definition) is 0. The first kappa shape index (κ1) is 17.6. The van der Waals surface area contributed by atoms with Gasteiger partial charge in [0.25, 0.3) is 0 Å². The Balaban J connectivity index is 1.45. The molecule has 2 aromatic carbocycles. The van der Waals surface area contributed by atoms with Crippen LogP contribution >= 0.6 is 0 Å². The molecule has 0 radical (unpaired) electrons. The monoisotopic (exact) mass is 367 g/mol. The summed E-state index contributed by atoms with van der Waals surface area (Å²) in [6.07, 6.45) is 2.83. The fourth-order valence-corrected chi connectivity index (χ4v) is 3.54. The third-order valence-corrected chi connectivity index (χ3v) is 5.17. The van der Waals surface area contributed by atoms with E-state index in [1.54, 1.807) is 12.1 Å². The molecule has 4 nitrogen and oxygen atoms in total. The van der Waals surface area contributed by atoms with Gasteiger partial charge in [0, 0.05) is 13.1 Å². The smallest absolute Gasteiger partial charge is 0.230 e. The van der Waals surface area contributed by atoms with Crippen molar-refractivity contribution in [3.63, 3.8) is 0 Å². The predicted molar refractivity (Wildman–Crippen MR) is 101 cm³/mol. The maximum atomic E-state index is 13.1. The van der Waals surface area contributed by atoms with Crippen LogP contribution in [0.1, 0.15) is 30.4 Å². The number of nitrogens with zero attached hydrogens (tertiary/aromatic N) is 1. The van der Waals surface area contributed by atoms with E-state index in [9.17, 15) is 9.18 Å². The average molecular weight is 367 g/mol. The number of ether oxygens (including phenoxy) is 2. The van der Waals surface area contributed by atoms with E-state index in [4.69, 9.17) is 9.47 Å². The van der Waals surface area contributed by atoms with E-state index in [2.05, 4.69) is 6.08 Å². The Morgan fingerprint density at radius 3 is 2.52 bits per heavy atom. The molecule has 5 heteroatoms. The van der Waals surface area contributed by atoms with Crippen LogP contribution in [-0.4, -0.2) is 37.1 Å². The molecule has 2 aromatic rings. The molecular weight excluding hydrogens is 345 g/mol. The van der Waals surface area contributed by atoms with Crippen molar-refractivity contribution in [2.24, 2.45) is 0 Å². The minimum absolute atomic E-state index is 0.0982.